The minimum atomic E-state index is -1.11. The van der Waals surface area contributed by atoms with Crippen molar-refractivity contribution in [1.29, 1.82) is 0 Å². The average Bonchev–Trinajstić information content (AvgIpc) is 2.49. The molecule has 2 N–H and O–H groups in total. The Morgan fingerprint density at radius 1 is 1.50 bits per heavy atom. The summed E-state index contributed by atoms with van der Waals surface area (Å²) in [5.74, 6) is 0.813. The fourth-order valence-electron chi connectivity index (χ4n) is 2.84. The maximum absolute atomic E-state index is 12.5. The third kappa shape index (κ3) is 2.74. The first-order valence-corrected chi connectivity index (χ1v) is 7.61. The smallest absolute Gasteiger partial charge is 0.405 e. The molecule has 2 heterocycles. The molecule has 0 aliphatic carbocycles. The minimum Gasteiger partial charge on any atom is -0.465 e. The lowest BCUT2D eigenvalue weighted by Crippen LogP contribution is -2.54. The third-order valence-corrected chi connectivity index (χ3v) is 5.05. The molecule has 0 radical (unpaired) electrons. The monoisotopic (exact) mass is 272 g/mol. The van der Waals surface area contributed by atoms with Crippen molar-refractivity contribution < 1.29 is 14.7 Å². The van der Waals surface area contributed by atoms with E-state index in [4.69, 9.17) is 5.11 Å². The van der Waals surface area contributed by atoms with Gasteiger partial charge in [-0.25, -0.2) is 4.79 Å². The molecule has 2 amide bonds. The Bertz CT molecular complexity index is 337. The van der Waals surface area contributed by atoms with Crippen LogP contribution in [0.2, 0.25) is 0 Å². The summed E-state index contributed by atoms with van der Waals surface area (Å²) in [4.78, 5) is 25.2. The molecule has 6 heteroatoms. The van der Waals surface area contributed by atoms with Crippen LogP contribution in [0.3, 0.4) is 0 Å². The lowest BCUT2D eigenvalue weighted by Gasteiger charge is -2.41. The number of piperidine rings is 1. The molecule has 0 spiro atoms. The van der Waals surface area contributed by atoms with Crippen molar-refractivity contribution in [2.45, 2.75) is 56.5 Å². The summed E-state index contributed by atoms with van der Waals surface area (Å²) in [6, 6.07) is -0.285. The molecule has 18 heavy (non-hydrogen) atoms. The summed E-state index contributed by atoms with van der Waals surface area (Å²) in [7, 11) is 0. The number of hydrogen-bond donors (Lipinski definition) is 2. The van der Waals surface area contributed by atoms with Crippen LogP contribution in [0.1, 0.15) is 39.0 Å². The predicted molar refractivity (Wildman–Crippen MR) is 70.6 cm³/mol. The molecule has 2 rings (SSSR count). The van der Waals surface area contributed by atoms with Crippen LogP contribution in [0.25, 0.3) is 0 Å². The fourth-order valence-corrected chi connectivity index (χ4v) is 4.25. The molecule has 0 bridgehead atoms. The summed E-state index contributed by atoms with van der Waals surface area (Å²) in [6.07, 6.45) is 3.67. The number of carbonyl (C=O) groups is 2. The summed E-state index contributed by atoms with van der Waals surface area (Å²) >= 11 is 1.79. The standard InChI is InChI=1S/C12H20N2O3S/c1-2-8-4-3-5-10-14(8)11(15)9(6-7-18-10)13-12(16)17/h8-10,13H,2-7H2,1H3,(H,16,17)/t8?,9?,10-/m0/s1. The molecule has 2 aliphatic rings. The van der Waals surface area contributed by atoms with Crippen molar-refractivity contribution in [2.75, 3.05) is 5.75 Å². The molecule has 0 aromatic rings. The maximum atomic E-state index is 12.5. The second-order valence-corrected chi connectivity index (χ2v) is 6.14. The zero-order chi connectivity index (χ0) is 13.1. The zero-order valence-corrected chi connectivity index (χ0v) is 11.4. The second kappa shape index (κ2) is 5.82. The maximum Gasteiger partial charge on any atom is 0.405 e. The fraction of sp³-hybridized carbons (Fsp3) is 0.833. The van der Waals surface area contributed by atoms with Gasteiger partial charge in [0.25, 0.3) is 0 Å². The van der Waals surface area contributed by atoms with Crippen LogP contribution in [0.4, 0.5) is 4.79 Å². The molecule has 0 aromatic carbocycles. The molecule has 3 atom stereocenters. The van der Waals surface area contributed by atoms with Crippen molar-refractivity contribution in [3.63, 3.8) is 0 Å². The summed E-state index contributed by atoms with van der Waals surface area (Å²) in [6.45, 7) is 2.09. The van der Waals surface area contributed by atoms with Crippen LogP contribution < -0.4 is 5.32 Å². The molecule has 0 saturated carbocycles. The van der Waals surface area contributed by atoms with E-state index in [2.05, 4.69) is 12.2 Å². The van der Waals surface area contributed by atoms with Gasteiger partial charge in [-0.3, -0.25) is 4.79 Å². The third-order valence-electron chi connectivity index (χ3n) is 3.73. The van der Waals surface area contributed by atoms with E-state index in [1.54, 1.807) is 11.8 Å². The number of carbonyl (C=O) groups excluding carboxylic acids is 1. The first kappa shape index (κ1) is 13.5. The molecule has 0 aromatic heterocycles. The highest BCUT2D eigenvalue weighted by Gasteiger charge is 2.39. The van der Waals surface area contributed by atoms with E-state index >= 15 is 0 Å². The highest BCUT2D eigenvalue weighted by Crippen LogP contribution is 2.35. The van der Waals surface area contributed by atoms with Crippen LogP contribution >= 0.6 is 11.8 Å². The van der Waals surface area contributed by atoms with Crippen molar-refractivity contribution in [3.8, 4) is 0 Å². The van der Waals surface area contributed by atoms with Gasteiger partial charge in [0, 0.05) is 6.04 Å². The first-order valence-electron chi connectivity index (χ1n) is 6.56. The van der Waals surface area contributed by atoms with Crippen LogP contribution in [-0.2, 0) is 4.79 Å². The molecule has 2 aliphatic heterocycles. The number of rotatable bonds is 2. The largest absolute Gasteiger partial charge is 0.465 e. The van der Waals surface area contributed by atoms with Gasteiger partial charge in [0.1, 0.15) is 6.04 Å². The zero-order valence-electron chi connectivity index (χ0n) is 10.6. The topological polar surface area (TPSA) is 69.6 Å². The molecule has 102 valence electrons. The van der Waals surface area contributed by atoms with Crippen molar-refractivity contribution >= 4 is 23.8 Å². The Morgan fingerprint density at radius 3 is 2.94 bits per heavy atom. The number of amides is 2. The minimum absolute atomic E-state index is 0.0287. The lowest BCUT2D eigenvalue weighted by molar-refractivity contribution is -0.137. The number of thioether (sulfide) groups is 1. The van der Waals surface area contributed by atoms with Crippen molar-refractivity contribution in [2.24, 2.45) is 0 Å². The molecule has 2 fully saturated rings. The van der Waals surface area contributed by atoms with Crippen LogP contribution in [0.5, 0.6) is 0 Å². The van der Waals surface area contributed by atoms with Gasteiger partial charge >= 0.3 is 6.09 Å². The van der Waals surface area contributed by atoms with Gasteiger partial charge in [-0.2, -0.15) is 0 Å². The summed E-state index contributed by atoms with van der Waals surface area (Å²) in [5, 5.41) is 11.4. The van der Waals surface area contributed by atoms with Crippen LogP contribution in [0.15, 0.2) is 0 Å². The van der Waals surface area contributed by atoms with E-state index in [0.717, 1.165) is 31.4 Å². The number of carboxylic acid groups (broad SMARTS) is 1. The lowest BCUT2D eigenvalue weighted by atomic mass is 9.98. The van der Waals surface area contributed by atoms with Gasteiger partial charge < -0.3 is 15.3 Å². The van der Waals surface area contributed by atoms with Gasteiger partial charge in [0.15, 0.2) is 0 Å². The van der Waals surface area contributed by atoms with Crippen LogP contribution in [0, 0.1) is 0 Å². The summed E-state index contributed by atoms with van der Waals surface area (Å²) in [5.41, 5.74) is 0. The summed E-state index contributed by atoms with van der Waals surface area (Å²) < 4.78 is 0. The van der Waals surface area contributed by atoms with Crippen molar-refractivity contribution in [1.82, 2.24) is 10.2 Å². The Kier molecular flexibility index (Phi) is 4.37. The Morgan fingerprint density at radius 2 is 2.28 bits per heavy atom. The molecule has 2 saturated heterocycles. The van der Waals surface area contributed by atoms with E-state index in [9.17, 15) is 9.59 Å². The SMILES string of the molecule is CCC1CCC[C@@H]2SCCC(NC(=O)O)C(=O)N12. The van der Waals surface area contributed by atoms with E-state index in [0.29, 0.717) is 6.42 Å². The van der Waals surface area contributed by atoms with Gasteiger partial charge in [0.2, 0.25) is 5.91 Å². The van der Waals surface area contributed by atoms with E-state index < -0.39 is 12.1 Å². The van der Waals surface area contributed by atoms with E-state index in [-0.39, 0.29) is 17.3 Å². The van der Waals surface area contributed by atoms with Gasteiger partial charge in [0.05, 0.1) is 5.37 Å². The van der Waals surface area contributed by atoms with Gasteiger partial charge in [-0.15, -0.1) is 11.8 Å². The Hall–Kier alpha value is -0.910. The van der Waals surface area contributed by atoms with Crippen LogP contribution in [-0.4, -0.2) is 45.2 Å². The van der Waals surface area contributed by atoms with E-state index in [1.165, 1.54) is 0 Å². The Labute approximate surface area is 111 Å². The van der Waals surface area contributed by atoms with Crippen molar-refractivity contribution in [3.05, 3.63) is 0 Å². The molecule has 5 nitrogen and oxygen atoms in total. The first-order chi connectivity index (χ1) is 8.63. The van der Waals surface area contributed by atoms with Gasteiger partial charge in [-0.1, -0.05) is 6.92 Å². The number of nitrogens with zero attached hydrogens (tertiary/aromatic N) is 1. The second-order valence-electron chi connectivity index (χ2n) is 4.85. The Balaban J connectivity index is 2.16. The molecular formula is C12H20N2O3S. The highest BCUT2D eigenvalue weighted by molar-refractivity contribution is 7.99. The normalized spacial score (nSPS) is 32.6. The van der Waals surface area contributed by atoms with E-state index in [1.807, 2.05) is 4.90 Å². The predicted octanol–water partition coefficient (Wildman–Crippen LogP) is 1.88. The van der Waals surface area contributed by atoms with Gasteiger partial charge in [-0.05, 0) is 37.9 Å². The molecular weight excluding hydrogens is 252 g/mol. The average molecular weight is 272 g/mol. The molecule has 2 unspecified atom stereocenters. The number of hydrogen-bond acceptors (Lipinski definition) is 3. The quantitative estimate of drug-likeness (QED) is 0.805. The highest BCUT2D eigenvalue weighted by atomic mass is 32.2. The number of nitrogens with one attached hydrogen (secondary N) is 1. The number of fused-ring (bicyclic) bond motifs is 1.